The van der Waals surface area contributed by atoms with Crippen LogP contribution in [0.25, 0.3) is 0 Å². The summed E-state index contributed by atoms with van der Waals surface area (Å²) in [4.78, 5) is 18.5. The van der Waals surface area contributed by atoms with Crippen LogP contribution in [0.3, 0.4) is 0 Å². The standard InChI is InChI=1S/C18H19ClN2O3/c1-2-23-14-9-10-21(12-14)18(22)13-7-8-17(20-11-13)24-16-6-4-3-5-15(16)19/h3-8,11,14H,2,9-10,12H2,1H3/t14-/m0/s1. The van der Waals surface area contributed by atoms with Crippen LogP contribution in [-0.2, 0) is 4.74 Å². The van der Waals surface area contributed by atoms with Crippen LogP contribution in [-0.4, -0.2) is 41.6 Å². The number of rotatable bonds is 5. The van der Waals surface area contributed by atoms with E-state index in [0.29, 0.717) is 41.9 Å². The SMILES string of the molecule is CCO[C@H]1CCN(C(=O)c2ccc(Oc3ccccc3Cl)nc2)C1. The number of para-hydroxylation sites is 1. The summed E-state index contributed by atoms with van der Waals surface area (Å²) >= 11 is 6.06. The van der Waals surface area contributed by atoms with Crippen LogP contribution in [0.4, 0.5) is 0 Å². The lowest BCUT2D eigenvalue weighted by atomic mass is 10.2. The first kappa shape index (κ1) is 16.7. The average Bonchev–Trinajstić information content (AvgIpc) is 3.06. The monoisotopic (exact) mass is 346 g/mol. The number of pyridine rings is 1. The summed E-state index contributed by atoms with van der Waals surface area (Å²) in [5.41, 5.74) is 0.540. The molecule has 0 unspecified atom stereocenters. The van der Waals surface area contributed by atoms with Crippen molar-refractivity contribution in [3.8, 4) is 11.6 Å². The Hall–Kier alpha value is -2.11. The van der Waals surface area contributed by atoms with Gasteiger partial charge in [-0.15, -0.1) is 0 Å². The molecule has 1 aromatic carbocycles. The Bertz CT molecular complexity index is 706. The molecule has 0 radical (unpaired) electrons. The average molecular weight is 347 g/mol. The number of benzene rings is 1. The normalized spacial score (nSPS) is 17.1. The smallest absolute Gasteiger partial charge is 0.255 e. The second-order valence-corrected chi connectivity index (χ2v) is 5.94. The lowest BCUT2D eigenvalue weighted by Crippen LogP contribution is -2.30. The van der Waals surface area contributed by atoms with E-state index >= 15 is 0 Å². The molecule has 5 nitrogen and oxygen atoms in total. The summed E-state index contributed by atoms with van der Waals surface area (Å²) in [6.45, 7) is 3.97. The lowest BCUT2D eigenvalue weighted by Gasteiger charge is -2.16. The van der Waals surface area contributed by atoms with Gasteiger partial charge < -0.3 is 14.4 Å². The van der Waals surface area contributed by atoms with Gasteiger partial charge in [-0.1, -0.05) is 23.7 Å². The van der Waals surface area contributed by atoms with Crippen LogP contribution in [0.1, 0.15) is 23.7 Å². The minimum absolute atomic E-state index is 0.0333. The number of amides is 1. The van der Waals surface area contributed by atoms with Gasteiger partial charge in [0.15, 0.2) is 0 Å². The van der Waals surface area contributed by atoms with Crippen LogP contribution in [0.15, 0.2) is 42.6 Å². The summed E-state index contributed by atoms with van der Waals surface area (Å²) in [6, 6.07) is 10.6. The molecule has 2 heterocycles. The number of likely N-dealkylation sites (tertiary alicyclic amines) is 1. The van der Waals surface area contributed by atoms with Crippen molar-refractivity contribution in [3.05, 3.63) is 53.2 Å². The molecule has 1 aromatic heterocycles. The van der Waals surface area contributed by atoms with Gasteiger partial charge in [0, 0.05) is 32.0 Å². The van der Waals surface area contributed by atoms with E-state index in [1.54, 1.807) is 29.2 Å². The van der Waals surface area contributed by atoms with E-state index in [4.69, 9.17) is 21.1 Å². The maximum atomic E-state index is 12.5. The van der Waals surface area contributed by atoms with Crippen LogP contribution in [0.2, 0.25) is 5.02 Å². The topological polar surface area (TPSA) is 51.7 Å². The zero-order chi connectivity index (χ0) is 16.9. The van der Waals surface area contributed by atoms with E-state index in [0.717, 1.165) is 6.42 Å². The quantitative estimate of drug-likeness (QED) is 0.826. The van der Waals surface area contributed by atoms with Gasteiger partial charge in [-0.25, -0.2) is 4.98 Å². The van der Waals surface area contributed by atoms with Crippen LogP contribution in [0.5, 0.6) is 11.6 Å². The molecule has 1 atom stereocenters. The first-order chi connectivity index (χ1) is 11.7. The Kier molecular flexibility index (Phi) is 5.33. The fourth-order valence-electron chi connectivity index (χ4n) is 2.67. The Morgan fingerprint density at radius 3 is 2.88 bits per heavy atom. The molecule has 3 rings (SSSR count). The van der Waals surface area contributed by atoms with Crippen molar-refractivity contribution in [2.45, 2.75) is 19.4 Å². The van der Waals surface area contributed by atoms with Crippen LogP contribution < -0.4 is 4.74 Å². The third-order valence-corrected chi connectivity index (χ3v) is 4.18. The molecule has 0 aliphatic carbocycles. The zero-order valence-corrected chi connectivity index (χ0v) is 14.2. The first-order valence-electron chi connectivity index (χ1n) is 7.96. The molecule has 6 heteroatoms. The van der Waals surface area contributed by atoms with Gasteiger partial charge in [-0.2, -0.15) is 0 Å². The van der Waals surface area contributed by atoms with E-state index in [2.05, 4.69) is 4.98 Å². The number of hydrogen-bond acceptors (Lipinski definition) is 4. The minimum atomic E-state index is -0.0333. The highest BCUT2D eigenvalue weighted by atomic mass is 35.5. The molecule has 0 spiro atoms. The molecule has 0 bridgehead atoms. The second-order valence-electron chi connectivity index (χ2n) is 5.53. The summed E-state index contributed by atoms with van der Waals surface area (Å²) < 4.78 is 11.2. The molecule has 1 aliphatic rings. The van der Waals surface area contributed by atoms with Crippen LogP contribution in [0, 0.1) is 0 Å². The Morgan fingerprint density at radius 2 is 2.17 bits per heavy atom. The van der Waals surface area contributed by atoms with E-state index in [9.17, 15) is 4.79 Å². The molecule has 1 aliphatic heterocycles. The number of halogens is 1. The minimum Gasteiger partial charge on any atom is -0.437 e. The van der Waals surface area contributed by atoms with Gasteiger partial charge in [-0.05, 0) is 31.5 Å². The summed E-state index contributed by atoms with van der Waals surface area (Å²) in [6.07, 6.45) is 2.54. The van der Waals surface area contributed by atoms with Crippen molar-refractivity contribution >= 4 is 17.5 Å². The van der Waals surface area contributed by atoms with Gasteiger partial charge in [-0.3, -0.25) is 4.79 Å². The number of carbonyl (C=O) groups excluding carboxylic acids is 1. The third-order valence-electron chi connectivity index (χ3n) is 3.87. The van der Waals surface area contributed by atoms with E-state index in [-0.39, 0.29) is 12.0 Å². The van der Waals surface area contributed by atoms with Gasteiger partial charge in [0.05, 0.1) is 16.7 Å². The van der Waals surface area contributed by atoms with Gasteiger partial charge in [0.2, 0.25) is 5.88 Å². The number of nitrogens with zero attached hydrogens (tertiary/aromatic N) is 2. The highest BCUT2D eigenvalue weighted by Crippen LogP contribution is 2.27. The predicted octanol–water partition coefficient (Wildman–Crippen LogP) is 3.78. The number of carbonyl (C=O) groups is 1. The third kappa shape index (κ3) is 3.86. The molecule has 1 amide bonds. The first-order valence-corrected chi connectivity index (χ1v) is 8.34. The van der Waals surface area contributed by atoms with Gasteiger partial charge in [0.25, 0.3) is 5.91 Å². The van der Waals surface area contributed by atoms with Crippen molar-refractivity contribution in [2.75, 3.05) is 19.7 Å². The number of aromatic nitrogens is 1. The van der Waals surface area contributed by atoms with Crippen molar-refractivity contribution in [2.24, 2.45) is 0 Å². The summed E-state index contributed by atoms with van der Waals surface area (Å²) in [7, 11) is 0. The second kappa shape index (κ2) is 7.64. The van der Waals surface area contributed by atoms with E-state index in [1.165, 1.54) is 6.20 Å². The van der Waals surface area contributed by atoms with Crippen molar-refractivity contribution in [1.82, 2.24) is 9.88 Å². The molecular formula is C18H19ClN2O3. The lowest BCUT2D eigenvalue weighted by molar-refractivity contribution is 0.0598. The Labute approximate surface area is 146 Å². The van der Waals surface area contributed by atoms with Crippen molar-refractivity contribution < 1.29 is 14.3 Å². The molecule has 1 saturated heterocycles. The summed E-state index contributed by atoms with van der Waals surface area (Å²) in [5.74, 6) is 0.895. The maximum absolute atomic E-state index is 12.5. The molecule has 126 valence electrons. The molecule has 1 fully saturated rings. The van der Waals surface area contributed by atoms with Gasteiger partial charge in [0.1, 0.15) is 5.75 Å². The van der Waals surface area contributed by atoms with Crippen molar-refractivity contribution in [3.63, 3.8) is 0 Å². The van der Waals surface area contributed by atoms with Crippen LogP contribution >= 0.6 is 11.6 Å². The largest absolute Gasteiger partial charge is 0.437 e. The predicted molar refractivity (Wildman–Crippen MR) is 91.7 cm³/mol. The Balaban J connectivity index is 1.64. The molecule has 0 saturated carbocycles. The maximum Gasteiger partial charge on any atom is 0.255 e. The fraction of sp³-hybridized carbons (Fsp3) is 0.333. The molecule has 24 heavy (non-hydrogen) atoms. The zero-order valence-electron chi connectivity index (χ0n) is 13.4. The van der Waals surface area contributed by atoms with Gasteiger partial charge >= 0.3 is 0 Å². The van der Waals surface area contributed by atoms with Crippen molar-refractivity contribution in [1.29, 1.82) is 0 Å². The highest BCUT2D eigenvalue weighted by Gasteiger charge is 2.27. The Morgan fingerprint density at radius 1 is 1.33 bits per heavy atom. The molecular weight excluding hydrogens is 328 g/mol. The molecule has 2 aromatic rings. The number of hydrogen-bond donors (Lipinski definition) is 0. The summed E-state index contributed by atoms with van der Waals surface area (Å²) in [5, 5.41) is 0.512. The van der Waals surface area contributed by atoms with E-state index in [1.807, 2.05) is 19.1 Å². The molecule has 0 N–H and O–H groups in total. The van der Waals surface area contributed by atoms with E-state index < -0.39 is 0 Å². The highest BCUT2D eigenvalue weighted by molar-refractivity contribution is 6.32. The fourth-order valence-corrected chi connectivity index (χ4v) is 2.85. The number of ether oxygens (including phenoxy) is 2.